The van der Waals surface area contributed by atoms with Gasteiger partial charge in [-0.2, -0.15) is 8.42 Å². The Kier molecular flexibility index (Phi) is 5.78. The number of hydrogen-bond donors (Lipinski definition) is 2. The van der Waals surface area contributed by atoms with E-state index < -0.39 is 16.0 Å². The number of phenols is 1. The lowest BCUT2D eigenvalue weighted by Gasteiger charge is -2.07. The van der Waals surface area contributed by atoms with Crippen molar-refractivity contribution in [3.05, 3.63) is 84.4 Å². The van der Waals surface area contributed by atoms with E-state index in [2.05, 4.69) is 15.7 Å². The summed E-state index contributed by atoms with van der Waals surface area (Å²) < 4.78 is 28.9. The maximum atomic E-state index is 12.0. The molecule has 1 amide bonds. The summed E-state index contributed by atoms with van der Waals surface area (Å²) >= 11 is 0. The van der Waals surface area contributed by atoms with E-state index in [0.717, 1.165) is 0 Å². The summed E-state index contributed by atoms with van der Waals surface area (Å²) in [7, 11) is -3.95. The maximum Gasteiger partial charge on any atom is 0.317 e. The van der Waals surface area contributed by atoms with Crippen molar-refractivity contribution in [3.8, 4) is 5.75 Å². The zero-order valence-corrected chi connectivity index (χ0v) is 15.2. The molecule has 0 atom stereocenters. The number of carbonyl (C=O) groups excluding carboxylic acids is 1. The Bertz CT molecular complexity index is 1100. The monoisotopic (exact) mass is 397 g/mol. The first-order valence-electron chi connectivity index (χ1n) is 8.04. The number of carbonyl (C=O) groups is 1. The molecule has 0 fully saturated rings. The van der Waals surface area contributed by atoms with Crippen LogP contribution >= 0.6 is 0 Å². The molecular weight excluding hydrogens is 382 g/mol. The summed E-state index contributed by atoms with van der Waals surface area (Å²) in [4.78, 5) is 12.0. The van der Waals surface area contributed by atoms with Crippen LogP contribution < -0.4 is 5.48 Å². The van der Waals surface area contributed by atoms with E-state index in [1.807, 2.05) is 0 Å². The van der Waals surface area contributed by atoms with E-state index >= 15 is 0 Å². The SMILES string of the molecule is O=C(N=Nc1ccc(NOS(=O)(=O)c2ccccc2)cc1)c1ccccc1O. The third kappa shape index (κ3) is 4.78. The molecule has 0 heterocycles. The van der Waals surface area contributed by atoms with Crippen LogP contribution in [0, 0.1) is 0 Å². The summed E-state index contributed by atoms with van der Waals surface area (Å²) in [6, 6.07) is 19.8. The normalized spacial score (nSPS) is 11.4. The van der Waals surface area contributed by atoms with Gasteiger partial charge in [0.05, 0.1) is 21.8 Å². The zero-order chi connectivity index (χ0) is 20.0. The average Bonchev–Trinajstić information content (AvgIpc) is 2.72. The fraction of sp³-hybridized carbons (Fsp3) is 0. The third-order valence-corrected chi connectivity index (χ3v) is 4.71. The number of benzene rings is 3. The van der Waals surface area contributed by atoms with E-state index in [1.54, 1.807) is 30.3 Å². The van der Waals surface area contributed by atoms with E-state index in [0.29, 0.717) is 11.4 Å². The highest BCUT2D eigenvalue weighted by Gasteiger charge is 2.15. The number of amides is 1. The Morgan fingerprint density at radius 2 is 1.54 bits per heavy atom. The van der Waals surface area contributed by atoms with Gasteiger partial charge < -0.3 is 5.11 Å². The number of nitrogens with one attached hydrogen (secondary N) is 1. The van der Waals surface area contributed by atoms with E-state index in [9.17, 15) is 18.3 Å². The van der Waals surface area contributed by atoms with Gasteiger partial charge in [0, 0.05) is 0 Å². The van der Waals surface area contributed by atoms with Gasteiger partial charge in [0.25, 0.3) is 5.91 Å². The van der Waals surface area contributed by atoms with Crippen molar-refractivity contribution in [2.45, 2.75) is 4.90 Å². The van der Waals surface area contributed by atoms with Crippen LogP contribution in [0.4, 0.5) is 11.4 Å². The molecule has 142 valence electrons. The van der Waals surface area contributed by atoms with Gasteiger partial charge in [0.15, 0.2) is 0 Å². The fourth-order valence-corrected chi connectivity index (χ4v) is 2.94. The number of para-hydroxylation sites is 1. The molecule has 2 N–H and O–H groups in total. The van der Waals surface area contributed by atoms with Crippen molar-refractivity contribution in [3.63, 3.8) is 0 Å². The minimum Gasteiger partial charge on any atom is -0.507 e. The molecular formula is C19H15N3O5S. The minimum absolute atomic E-state index is 0.0237. The Labute approximate surface area is 161 Å². The molecule has 0 unspecified atom stereocenters. The van der Waals surface area contributed by atoms with Crippen molar-refractivity contribution < 1.29 is 22.6 Å². The molecule has 8 nitrogen and oxygen atoms in total. The zero-order valence-electron chi connectivity index (χ0n) is 14.4. The standard InChI is InChI=1S/C19H15N3O5S/c23-18-9-5-4-8-17(18)19(24)21-20-14-10-12-15(13-11-14)22-27-28(25,26)16-6-2-1-3-7-16/h1-13,22-23H. The highest BCUT2D eigenvalue weighted by Crippen LogP contribution is 2.21. The van der Waals surface area contributed by atoms with Crippen LogP contribution in [0.15, 0.2) is 94.0 Å². The Morgan fingerprint density at radius 3 is 2.21 bits per heavy atom. The first-order chi connectivity index (χ1) is 13.5. The van der Waals surface area contributed by atoms with Crippen molar-refractivity contribution >= 4 is 27.4 Å². The van der Waals surface area contributed by atoms with Crippen LogP contribution in [0.25, 0.3) is 0 Å². The molecule has 0 radical (unpaired) electrons. The van der Waals surface area contributed by atoms with E-state index in [1.165, 1.54) is 48.5 Å². The maximum absolute atomic E-state index is 12.0. The Balaban J connectivity index is 1.62. The lowest BCUT2D eigenvalue weighted by atomic mass is 10.2. The average molecular weight is 397 g/mol. The largest absolute Gasteiger partial charge is 0.507 e. The quantitative estimate of drug-likeness (QED) is 0.479. The predicted octanol–water partition coefficient (Wildman–Crippen LogP) is 4.05. The first kappa shape index (κ1) is 19.2. The van der Waals surface area contributed by atoms with E-state index in [-0.39, 0.29) is 16.2 Å². The molecule has 0 saturated carbocycles. The summed E-state index contributed by atoms with van der Waals surface area (Å²) in [6.45, 7) is 0. The number of anilines is 1. The summed E-state index contributed by atoms with van der Waals surface area (Å²) in [5.74, 6) is -0.861. The highest BCUT2D eigenvalue weighted by atomic mass is 32.2. The topological polar surface area (TPSA) is 117 Å². The lowest BCUT2D eigenvalue weighted by Crippen LogP contribution is -2.11. The molecule has 0 aliphatic carbocycles. The van der Waals surface area contributed by atoms with Gasteiger partial charge in [-0.3, -0.25) is 4.79 Å². The first-order valence-corrected chi connectivity index (χ1v) is 9.45. The molecule has 0 spiro atoms. The number of hydrogen-bond acceptors (Lipinski definition) is 7. The molecule has 0 aliphatic rings. The number of nitrogens with zero attached hydrogens (tertiary/aromatic N) is 2. The van der Waals surface area contributed by atoms with Crippen LogP contribution in [0.1, 0.15) is 10.4 Å². The highest BCUT2D eigenvalue weighted by molar-refractivity contribution is 7.86. The van der Waals surface area contributed by atoms with Crippen molar-refractivity contribution in [2.75, 3.05) is 5.48 Å². The number of rotatable bonds is 6. The number of aromatic hydroxyl groups is 1. The van der Waals surface area contributed by atoms with Crippen LogP contribution in [0.2, 0.25) is 0 Å². The molecule has 3 aromatic rings. The minimum atomic E-state index is -3.95. The van der Waals surface area contributed by atoms with Crippen molar-refractivity contribution in [2.24, 2.45) is 10.2 Å². The Hall–Kier alpha value is -3.56. The molecule has 0 saturated heterocycles. The summed E-state index contributed by atoms with van der Waals surface area (Å²) in [5, 5.41) is 17.0. The van der Waals surface area contributed by atoms with E-state index in [4.69, 9.17) is 4.28 Å². The predicted molar refractivity (Wildman–Crippen MR) is 102 cm³/mol. The smallest absolute Gasteiger partial charge is 0.317 e. The molecule has 3 rings (SSSR count). The van der Waals surface area contributed by atoms with Gasteiger partial charge in [-0.15, -0.1) is 14.5 Å². The number of azo groups is 1. The van der Waals surface area contributed by atoms with Crippen molar-refractivity contribution in [1.82, 2.24) is 0 Å². The van der Waals surface area contributed by atoms with Crippen molar-refractivity contribution in [1.29, 1.82) is 0 Å². The van der Waals surface area contributed by atoms with Crippen LogP contribution in [-0.2, 0) is 14.4 Å². The van der Waals surface area contributed by atoms with Gasteiger partial charge in [0.2, 0.25) is 0 Å². The summed E-state index contributed by atoms with van der Waals surface area (Å²) in [5.41, 5.74) is 3.12. The fourth-order valence-electron chi connectivity index (χ4n) is 2.15. The number of phenolic OH excluding ortho intramolecular Hbond substituents is 1. The third-order valence-electron chi connectivity index (χ3n) is 3.56. The molecule has 0 aliphatic heterocycles. The van der Waals surface area contributed by atoms with Gasteiger partial charge in [-0.25, -0.2) is 5.48 Å². The molecule has 0 aromatic heterocycles. The second kappa shape index (κ2) is 8.42. The lowest BCUT2D eigenvalue weighted by molar-refractivity contribution is 0.0992. The summed E-state index contributed by atoms with van der Waals surface area (Å²) in [6.07, 6.45) is 0. The second-order valence-corrected chi connectivity index (χ2v) is 7.07. The second-order valence-electron chi connectivity index (χ2n) is 5.52. The van der Waals surface area contributed by atoms with Crippen LogP contribution in [0.3, 0.4) is 0 Å². The van der Waals surface area contributed by atoms with Gasteiger partial charge >= 0.3 is 10.1 Å². The van der Waals surface area contributed by atoms with Gasteiger partial charge in [-0.1, -0.05) is 30.3 Å². The molecule has 9 heteroatoms. The molecule has 0 bridgehead atoms. The molecule has 28 heavy (non-hydrogen) atoms. The Morgan fingerprint density at radius 1 is 0.893 bits per heavy atom. The van der Waals surface area contributed by atoms with Crippen LogP contribution in [-0.4, -0.2) is 19.4 Å². The van der Waals surface area contributed by atoms with Gasteiger partial charge in [-0.05, 0) is 48.5 Å². The van der Waals surface area contributed by atoms with Gasteiger partial charge in [0.1, 0.15) is 5.75 Å². The molecule has 3 aromatic carbocycles. The van der Waals surface area contributed by atoms with Crippen LogP contribution in [0.5, 0.6) is 5.75 Å².